The number of rotatable bonds is 1. The molecule has 0 aromatic carbocycles. The molecule has 5 N–H and O–H groups in total. The zero-order valence-electron chi connectivity index (χ0n) is 10.3. The fourth-order valence-electron chi connectivity index (χ4n) is 2.75. The molecule has 0 aliphatic carbocycles. The van der Waals surface area contributed by atoms with Crippen molar-refractivity contribution in [3.8, 4) is 0 Å². The van der Waals surface area contributed by atoms with Gasteiger partial charge >= 0.3 is 0 Å². The highest BCUT2D eigenvalue weighted by molar-refractivity contribution is 5.58. The van der Waals surface area contributed by atoms with Gasteiger partial charge in [0.1, 0.15) is 12.0 Å². The van der Waals surface area contributed by atoms with Crippen LogP contribution in [0.15, 0.2) is 18.5 Å². The number of hydrogen-bond donors (Lipinski definition) is 3. The van der Waals surface area contributed by atoms with Crippen LogP contribution in [-0.2, 0) is 0 Å². The van der Waals surface area contributed by atoms with Gasteiger partial charge in [0, 0.05) is 36.1 Å². The molecule has 3 rings (SSSR count). The zero-order chi connectivity index (χ0) is 12.5. The summed E-state index contributed by atoms with van der Waals surface area (Å²) in [4.78, 5) is 6.33. The second-order valence-electron chi connectivity index (χ2n) is 4.95. The summed E-state index contributed by atoms with van der Waals surface area (Å²) in [5.74, 6) is 0.529. The molecular weight excluding hydrogens is 226 g/mol. The standard InChI is InChI=1S/C13H19N5/c14-12-6-11-9(7-17-12)3-5-18(13(11)15)10-2-1-4-16-8-10/h3,5-7,10,13,16H,1-2,4,8,15H2,(H2,14,17). The molecule has 3 heterocycles. The van der Waals surface area contributed by atoms with E-state index in [0.717, 1.165) is 24.2 Å². The lowest BCUT2D eigenvalue weighted by Gasteiger charge is -2.40. The minimum Gasteiger partial charge on any atom is -0.384 e. The van der Waals surface area contributed by atoms with Gasteiger partial charge in [-0.05, 0) is 31.5 Å². The van der Waals surface area contributed by atoms with Crippen molar-refractivity contribution in [1.29, 1.82) is 0 Å². The molecule has 1 saturated heterocycles. The molecule has 0 saturated carbocycles. The first-order valence-corrected chi connectivity index (χ1v) is 6.43. The van der Waals surface area contributed by atoms with Gasteiger partial charge in [-0.25, -0.2) is 4.98 Å². The Hall–Kier alpha value is -1.59. The molecule has 0 radical (unpaired) electrons. The van der Waals surface area contributed by atoms with Crippen LogP contribution in [0.4, 0.5) is 5.82 Å². The number of nitrogens with two attached hydrogens (primary N) is 2. The van der Waals surface area contributed by atoms with Crippen molar-refractivity contribution in [2.75, 3.05) is 18.8 Å². The van der Waals surface area contributed by atoms with Gasteiger partial charge in [0.2, 0.25) is 0 Å². The summed E-state index contributed by atoms with van der Waals surface area (Å²) in [7, 11) is 0. The van der Waals surface area contributed by atoms with Crippen LogP contribution in [0.3, 0.4) is 0 Å². The lowest BCUT2D eigenvalue weighted by Crippen LogP contribution is -2.48. The quantitative estimate of drug-likeness (QED) is 0.677. The molecule has 2 aliphatic rings. The van der Waals surface area contributed by atoms with Gasteiger partial charge in [-0.3, -0.25) is 0 Å². The molecule has 0 spiro atoms. The molecule has 1 fully saturated rings. The number of fused-ring (bicyclic) bond motifs is 1. The minimum atomic E-state index is -0.125. The van der Waals surface area contributed by atoms with E-state index in [2.05, 4.69) is 27.5 Å². The van der Waals surface area contributed by atoms with Crippen LogP contribution < -0.4 is 16.8 Å². The monoisotopic (exact) mass is 245 g/mol. The SMILES string of the molecule is Nc1cc2c(cn1)C=CN(C1CCCNC1)C2N. The van der Waals surface area contributed by atoms with Gasteiger partial charge in [0.15, 0.2) is 0 Å². The molecule has 96 valence electrons. The Balaban J connectivity index is 1.88. The summed E-state index contributed by atoms with van der Waals surface area (Å²) >= 11 is 0. The van der Waals surface area contributed by atoms with Gasteiger partial charge in [-0.1, -0.05) is 0 Å². The van der Waals surface area contributed by atoms with Crippen LogP contribution in [0, 0.1) is 0 Å². The van der Waals surface area contributed by atoms with Crippen molar-refractivity contribution in [3.05, 3.63) is 29.6 Å². The highest BCUT2D eigenvalue weighted by Crippen LogP contribution is 2.30. The van der Waals surface area contributed by atoms with Crippen molar-refractivity contribution in [2.45, 2.75) is 25.0 Å². The second-order valence-corrected chi connectivity index (χ2v) is 4.95. The molecule has 1 aromatic rings. The Bertz CT molecular complexity index is 464. The van der Waals surface area contributed by atoms with Gasteiger partial charge in [-0.15, -0.1) is 0 Å². The maximum absolute atomic E-state index is 6.35. The summed E-state index contributed by atoms with van der Waals surface area (Å²) in [6.07, 6.45) is 8.20. The van der Waals surface area contributed by atoms with Gasteiger partial charge in [0.05, 0.1) is 0 Å². The number of anilines is 1. The molecule has 2 aliphatic heterocycles. The number of nitrogen functional groups attached to an aromatic ring is 1. The molecular formula is C13H19N5. The first-order valence-electron chi connectivity index (χ1n) is 6.43. The van der Waals surface area contributed by atoms with E-state index in [1.54, 1.807) is 6.20 Å². The Morgan fingerprint density at radius 2 is 2.33 bits per heavy atom. The summed E-state index contributed by atoms with van der Waals surface area (Å²) < 4.78 is 0. The van der Waals surface area contributed by atoms with Crippen molar-refractivity contribution in [1.82, 2.24) is 15.2 Å². The van der Waals surface area contributed by atoms with Crippen LogP contribution in [0.1, 0.15) is 30.1 Å². The highest BCUT2D eigenvalue weighted by atomic mass is 15.3. The predicted octanol–water partition coefficient (Wildman–Crippen LogP) is 0.659. The minimum absolute atomic E-state index is 0.125. The Labute approximate surface area is 107 Å². The number of nitrogens with zero attached hydrogens (tertiary/aromatic N) is 2. The molecule has 0 amide bonds. The third-order valence-corrected chi connectivity index (χ3v) is 3.75. The number of aromatic nitrogens is 1. The van der Waals surface area contributed by atoms with Crippen LogP contribution in [0.2, 0.25) is 0 Å². The summed E-state index contributed by atoms with van der Waals surface area (Å²) in [5, 5.41) is 3.42. The lowest BCUT2D eigenvalue weighted by atomic mass is 9.99. The van der Waals surface area contributed by atoms with Crippen LogP contribution >= 0.6 is 0 Å². The van der Waals surface area contributed by atoms with E-state index in [-0.39, 0.29) is 6.17 Å². The normalized spacial score (nSPS) is 27.1. The number of pyridine rings is 1. The molecule has 5 nitrogen and oxygen atoms in total. The summed E-state index contributed by atoms with van der Waals surface area (Å²) in [6, 6.07) is 2.35. The van der Waals surface area contributed by atoms with Crippen LogP contribution in [-0.4, -0.2) is 29.0 Å². The van der Waals surface area contributed by atoms with Gasteiger partial charge in [-0.2, -0.15) is 0 Å². The van der Waals surface area contributed by atoms with E-state index in [4.69, 9.17) is 11.5 Å². The van der Waals surface area contributed by atoms with E-state index in [0.29, 0.717) is 11.9 Å². The van der Waals surface area contributed by atoms with Crippen LogP contribution in [0.5, 0.6) is 0 Å². The van der Waals surface area contributed by atoms with E-state index in [1.807, 2.05) is 6.07 Å². The Kier molecular flexibility index (Phi) is 2.93. The second kappa shape index (κ2) is 4.59. The molecule has 0 bridgehead atoms. The Morgan fingerprint density at radius 3 is 3.11 bits per heavy atom. The van der Waals surface area contributed by atoms with Crippen molar-refractivity contribution >= 4 is 11.9 Å². The van der Waals surface area contributed by atoms with E-state index in [9.17, 15) is 0 Å². The third-order valence-electron chi connectivity index (χ3n) is 3.75. The van der Waals surface area contributed by atoms with E-state index >= 15 is 0 Å². The Morgan fingerprint density at radius 1 is 1.44 bits per heavy atom. The lowest BCUT2D eigenvalue weighted by molar-refractivity contribution is 0.175. The number of hydrogen-bond acceptors (Lipinski definition) is 5. The van der Waals surface area contributed by atoms with E-state index < -0.39 is 0 Å². The topological polar surface area (TPSA) is 80.2 Å². The van der Waals surface area contributed by atoms with Crippen LogP contribution in [0.25, 0.3) is 6.08 Å². The largest absolute Gasteiger partial charge is 0.384 e. The molecule has 2 unspecified atom stereocenters. The fourth-order valence-corrected chi connectivity index (χ4v) is 2.75. The average molecular weight is 245 g/mol. The summed E-state index contributed by atoms with van der Waals surface area (Å²) in [6.45, 7) is 2.10. The molecule has 18 heavy (non-hydrogen) atoms. The maximum Gasteiger partial charge on any atom is 0.123 e. The van der Waals surface area contributed by atoms with Crippen molar-refractivity contribution in [2.24, 2.45) is 5.73 Å². The third kappa shape index (κ3) is 1.95. The zero-order valence-corrected chi connectivity index (χ0v) is 10.3. The first kappa shape index (κ1) is 11.5. The van der Waals surface area contributed by atoms with E-state index in [1.165, 1.54) is 12.8 Å². The highest BCUT2D eigenvalue weighted by Gasteiger charge is 2.27. The molecule has 1 aromatic heterocycles. The molecule has 5 heteroatoms. The average Bonchev–Trinajstić information content (AvgIpc) is 2.41. The van der Waals surface area contributed by atoms with Gasteiger partial charge in [0.25, 0.3) is 0 Å². The maximum atomic E-state index is 6.35. The van der Waals surface area contributed by atoms with Crippen molar-refractivity contribution < 1.29 is 0 Å². The smallest absolute Gasteiger partial charge is 0.123 e. The summed E-state index contributed by atoms with van der Waals surface area (Å²) in [5.41, 5.74) is 14.2. The fraction of sp³-hybridized carbons (Fsp3) is 0.462. The molecule has 2 atom stereocenters. The first-order chi connectivity index (χ1) is 8.75. The van der Waals surface area contributed by atoms with Gasteiger partial charge < -0.3 is 21.7 Å². The number of piperidine rings is 1. The number of nitrogens with one attached hydrogen (secondary N) is 1. The van der Waals surface area contributed by atoms with Crippen molar-refractivity contribution in [3.63, 3.8) is 0 Å². The predicted molar refractivity (Wildman–Crippen MR) is 72.3 cm³/mol.